The van der Waals surface area contributed by atoms with Gasteiger partial charge in [0.2, 0.25) is 0 Å². The highest BCUT2D eigenvalue weighted by Crippen LogP contribution is 2.28. The summed E-state index contributed by atoms with van der Waals surface area (Å²) in [5.41, 5.74) is 7.27. The minimum Gasteiger partial charge on any atom is -0.397 e. The molecule has 0 heterocycles. The molecule has 4 N–H and O–H groups in total. The lowest BCUT2D eigenvalue weighted by Gasteiger charge is -2.21. The summed E-state index contributed by atoms with van der Waals surface area (Å²) in [7, 11) is -3.80. The Morgan fingerprint density at radius 2 is 1.63 bits per heavy atom. The molecule has 0 fully saturated rings. The fourth-order valence-corrected chi connectivity index (χ4v) is 2.84. The molecular formula is C13H15N3O2S. The second-order valence-electron chi connectivity index (χ2n) is 4.12. The molecule has 0 unspecified atom stereocenters. The monoisotopic (exact) mass is 277 g/mol. The highest BCUT2D eigenvalue weighted by Gasteiger charge is 2.23. The third kappa shape index (κ3) is 2.40. The number of hydrazine groups is 1. The van der Waals surface area contributed by atoms with Crippen LogP contribution >= 0.6 is 0 Å². The van der Waals surface area contributed by atoms with Crippen molar-refractivity contribution < 1.29 is 8.42 Å². The van der Waals surface area contributed by atoms with E-state index in [1.54, 1.807) is 43.3 Å². The molecule has 0 bridgehead atoms. The number of nitrogens with zero attached hydrogens (tertiary/aromatic N) is 1. The van der Waals surface area contributed by atoms with E-state index in [0.717, 1.165) is 5.56 Å². The second kappa shape index (κ2) is 4.91. The van der Waals surface area contributed by atoms with Crippen molar-refractivity contribution in [2.45, 2.75) is 11.8 Å². The molecule has 0 saturated heterocycles. The van der Waals surface area contributed by atoms with Gasteiger partial charge in [-0.3, -0.25) is 0 Å². The van der Waals surface area contributed by atoms with Crippen LogP contribution in [0.4, 0.5) is 11.4 Å². The first-order chi connectivity index (χ1) is 8.94. The molecule has 19 heavy (non-hydrogen) atoms. The van der Waals surface area contributed by atoms with Crippen molar-refractivity contribution in [3.05, 3.63) is 54.1 Å². The molecule has 6 heteroatoms. The van der Waals surface area contributed by atoms with Gasteiger partial charge in [0.25, 0.3) is 10.0 Å². The third-order valence-electron chi connectivity index (χ3n) is 2.84. The maximum absolute atomic E-state index is 12.3. The van der Waals surface area contributed by atoms with Gasteiger partial charge in [0.1, 0.15) is 0 Å². The normalized spacial score (nSPS) is 11.3. The lowest BCUT2D eigenvalue weighted by Crippen LogP contribution is -2.38. The van der Waals surface area contributed by atoms with Crippen LogP contribution < -0.4 is 16.0 Å². The summed E-state index contributed by atoms with van der Waals surface area (Å²) in [6.07, 6.45) is 0. The minimum absolute atomic E-state index is 0.124. The predicted octanol–water partition coefficient (Wildman–Crippen LogP) is 1.65. The molecular weight excluding hydrogens is 262 g/mol. The van der Waals surface area contributed by atoms with Crippen LogP contribution in [0.15, 0.2) is 53.4 Å². The average molecular weight is 277 g/mol. The van der Waals surface area contributed by atoms with Crippen LogP contribution in [0.25, 0.3) is 0 Å². The molecule has 100 valence electrons. The van der Waals surface area contributed by atoms with Gasteiger partial charge in [-0.1, -0.05) is 30.3 Å². The van der Waals surface area contributed by atoms with Crippen molar-refractivity contribution in [1.82, 2.24) is 0 Å². The van der Waals surface area contributed by atoms with Gasteiger partial charge in [-0.2, -0.15) is 12.8 Å². The molecule has 5 nitrogen and oxygen atoms in total. The lowest BCUT2D eigenvalue weighted by molar-refractivity contribution is 0.592. The Labute approximate surface area is 112 Å². The number of aryl methyl sites for hydroxylation is 1. The van der Waals surface area contributed by atoms with Crippen molar-refractivity contribution in [3.63, 3.8) is 0 Å². The Morgan fingerprint density at radius 1 is 1.00 bits per heavy atom. The number of rotatable bonds is 3. The summed E-state index contributed by atoms with van der Waals surface area (Å²) in [6.45, 7) is 1.79. The van der Waals surface area contributed by atoms with E-state index in [9.17, 15) is 8.42 Å². The summed E-state index contributed by atoms with van der Waals surface area (Å²) in [5.74, 6) is 5.74. The number of anilines is 2. The number of hydrogen-bond acceptors (Lipinski definition) is 4. The van der Waals surface area contributed by atoms with E-state index in [4.69, 9.17) is 11.6 Å². The number of sulfonamides is 1. The molecule has 0 aliphatic heterocycles. The molecule has 0 saturated carbocycles. The van der Waals surface area contributed by atoms with Crippen LogP contribution in [0.2, 0.25) is 0 Å². The summed E-state index contributed by atoms with van der Waals surface area (Å²) in [6, 6.07) is 13.1. The zero-order valence-electron chi connectivity index (χ0n) is 10.4. The number of para-hydroxylation sites is 1. The maximum Gasteiger partial charge on any atom is 0.277 e. The largest absolute Gasteiger partial charge is 0.397 e. The van der Waals surface area contributed by atoms with E-state index >= 15 is 0 Å². The van der Waals surface area contributed by atoms with Gasteiger partial charge < -0.3 is 5.73 Å². The number of hydrogen-bond donors (Lipinski definition) is 2. The van der Waals surface area contributed by atoms with E-state index in [-0.39, 0.29) is 10.6 Å². The van der Waals surface area contributed by atoms with E-state index in [1.165, 1.54) is 12.1 Å². The van der Waals surface area contributed by atoms with Gasteiger partial charge in [0.05, 0.1) is 16.3 Å². The first kappa shape index (κ1) is 13.4. The van der Waals surface area contributed by atoms with Crippen molar-refractivity contribution in [2.24, 2.45) is 5.84 Å². The highest BCUT2D eigenvalue weighted by atomic mass is 32.2. The number of nitrogens with two attached hydrogens (primary N) is 2. The number of nitrogen functional groups attached to an aromatic ring is 1. The molecule has 0 radical (unpaired) electrons. The summed E-state index contributed by atoms with van der Waals surface area (Å²) in [5, 5.41) is 0. The fraction of sp³-hybridized carbons (Fsp3) is 0.0769. The standard InChI is InChI=1S/C13H15N3O2S/c1-10-6-5-9-12(13(10)14)16(15)19(17,18)11-7-3-2-4-8-11/h2-9H,14-15H2,1H3. The van der Waals surface area contributed by atoms with Crippen LogP contribution in [0, 0.1) is 6.92 Å². The molecule has 0 amide bonds. The Bertz CT molecular complexity index is 684. The van der Waals surface area contributed by atoms with Gasteiger partial charge in [-0.25, -0.2) is 5.84 Å². The Balaban J connectivity index is 2.50. The average Bonchev–Trinajstić information content (AvgIpc) is 2.42. The Kier molecular flexibility index (Phi) is 3.46. The van der Waals surface area contributed by atoms with Crippen LogP contribution in [0.5, 0.6) is 0 Å². The maximum atomic E-state index is 12.3. The second-order valence-corrected chi connectivity index (χ2v) is 5.94. The van der Waals surface area contributed by atoms with Crippen LogP contribution in [-0.2, 0) is 10.0 Å². The zero-order valence-corrected chi connectivity index (χ0v) is 11.3. The lowest BCUT2D eigenvalue weighted by atomic mass is 10.2. The van der Waals surface area contributed by atoms with Gasteiger partial charge in [-0.15, -0.1) is 0 Å². The van der Waals surface area contributed by atoms with Gasteiger partial charge >= 0.3 is 0 Å². The molecule has 2 rings (SSSR count). The summed E-state index contributed by atoms with van der Waals surface area (Å²) in [4.78, 5) is 0.124. The number of benzene rings is 2. The fourth-order valence-electron chi connectivity index (χ4n) is 1.69. The molecule has 2 aromatic carbocycles. The SMILES string of the molecule is Cc1cccc(N(N)S(=O)(=O)c2ccccc2)c1N. The van der Waals surface area contributed by atoms with Crippen molar-refractivity contribution in [3.8, 4) is 0 Å². The molecule has 2 aromatic rings. The molecule has 0 aliphatic rings. The van der Waals surface area contributed by atoms with E-state index < -0.39 is 10.0 Å². The van der Waals surface area contributed by atoms with E-state index in [1.807, 2.05) is 0 Å². The minimum atomic E-state index is -3.80. The third-order valence-corrected chi connectivity index (χ3v) is 4.42. The van der Waals surface area contributed by atoms with Crippen LogP contribution in [0.3, 0.4) is 0 Å². The van der Waals surface area contributed by atoms with Crippen LogP contribution in [0.1, 0.15) is 5.56 Å². The van der Waals surface area contributed by atoms with Crippen molar-refractivity contribution in [2.75, 3.05) is 10.1 Å². The van der Waals surface area contributed by atoms with E-state index in [2.05, 4.69) is 0 Å². The summed E-state index contributed by atoms with van der Waals surface area (Å²) >= 11 is 0. The molecule has 0 spiro atoms. The first-order valence-corrected chi connectivity index (χ1v) is 7.09. The smallest absolute Gasteiger partial charge is 0.277 e. The first-order valence-electron chi connectivity index (χ1n) is 5.65. The van der Waals surface area contributed by atoms with E-state index in [0.29, 0.717) is 10.1 Å². The van der Waals surface area contributed by atoms with Gasteiger partial charge in [-0.05, 0) is 30.7 Å². The highest BCUT2D eigenvalue weighted by molar-refractivity contribution is 7.92. The quantitative estimate of drug-likeness (QED) is 0.507. The van der Waals surface area contributed by atoms with Gasteiger partial charge in [0.15, 0.2) is 0 Å². The van der Waals surface area contributed by atoms with Gasteiger partial charge in [0, 0.05) is 0 Å². The predicted molar refractivity (Wildman–Crippen MR) is 75.9 cm³/mol. The Morgan fingerprint density at radius 3 is 2.26 bits per heavy atom. The molecule has 0 aliphatic carbocycles. The topological polar surface area (TPSA) is 89.4 Å². The van der Waals surface area contributed by atoms with Crippen molar-refractivity contribution >= 4 is 21.4 Å². The van der Waals surface area contributed by atoms with Crippen molar-refractivity contribution in [1.29, 1.82) is 0 Å². The summed E-state index contributed by atoms with van der Waals surface area (Å²) < 4.78 is 25.4. The molecule has 0 atom stereocenters. The Hall–Kier alpha value is -2.05. The van der Waals surface area contributed by atoms with Crippen LogP contribution in [-0.4, -0.2) is 8.42 Å². The zero-order chi connectivity index (χ0) is 14.0. The molecule has 0 aromatic heterocycles.